The van der Waals surface area contributed by atoms with Gasteiger partial charge in [-0.1, -0.05) is 0 Å². The third kappa shape index (κ3) is 3.94. The van der Waals surface area contributed by atoms with Crippen molar-refractivity contribution < 1.29 is 14.7 Å². The first-order valence-electron chi connectivity index (χ1n) is 5.54. The topological polar surface area (TPSA) is 105 Å². The molecule has 1 amide bonds. The fourth-order valence-electron chi connectivity index (χ4n) is 1.44. The van der Waals surface area contributed by atoms with Gasteiger partial charge < -0.3 is 10.0 Å². The zero-order valence-corrected chi connectivity index (χ0v) is 11.5. The van der Waals surface area contributed by atoms with Gasteiger partial charge in [-0.05, 0) is 24.6 Å². The first kappa shape index (κ1) is 15.4. The van der Waals surface area contributed by atoms with E-state index in [1.807, 2.05) is 12.1 Å². The van der Waals surface area contributed by atoms with E-state index in [-0.39, 0.29) is 13.1 Å². The highest BCUT2D eigenvalue weighted by molar-refractivity contribution is 7.15. The minimum absolute atomic E-state index is 0.163. The van der Waals surface area contributed by atoms with Crippen LogP contribution in [0.5, 0.6) is 0 Å². The fourth-order valence-corrected chi connectivity index (χ4v) is 2.49. The van der Waals surface area contributed by atoms with Crippen LogP contribution in [0.15, 0.2) is 12.1 Å². The van der Waals surface area contributed by atoms with Crippen LogP contribution in [0.1, 0.15) is 20.1 Å². The van der Waals surface area contributed by atoms with Crippen LogP contribution in [-0.2, 0) is 4.79 Å². The van der Waals surface area contributed by atoms with Crippen molar-refractivity contribution in [1.82, 2.24) is 4.90 Å². The van der Waals surface area contributed by atoms with E-state index in [0.717, 1.165) is 27.9 Å². The second kappa shape index (κ2) is 7.07. The van der Waals surface area contributed by atoms with Gasteiger partial charge in [0.1, 0.15) is 13.1 Å². The Hall–Kier alpha value is -2.64. The number of carboxylic acids is 1. The summed E-state index contributed by atoms with van der Waals surface area (Å²) in [4.78, 5) is 24.8. The van der Waals surface area contributed by atoms with Crippen molar-refractivity contribution in [2.45, 2.75) is 6.92 Å². The summed E-state index contributed by atoms with van der Waals surface area (Å²) in [6.45, 7) is 1.43. The standard InChI is InChI=1S/C13H11N3O3S/c1-9-8-11(20-10(9)2-3-12(17)18)13(19)16(6-4-14)7-5-15/h2-3,8H,6-7H2,1H3,(H,17,18)/b3-2+. The van der Waals surface area contributed by atoms with Crippen molar-refractivity contribution in [2.75, 3.05) is 13.1 Å². The molecule has 102 valence electrons. The average molecular weight is 289 g/mol. The Bertz CT molecular complexity index is 618. The Morgan fingerprint density at radius 1 is 1.40 bits per heavy atom. The molecule has 1 N–H and O–H groups in total. The molecule has 0 atom stereocenters. The van der Waals surface area contributed by atoms with E-state index in [0.29, 0.717) is 9.75 Å². The molecule has 0 fully saturated rings. The molecule has 1 rings (SSSR count). The predicted octanol–water partition coefficient (Wildman–Crippen LogP) is 1.64. The third-order valence-corrected chi connectivity index (χ3v) is 3.54. The summed E-state index contributed by atoms with van der Waals surface area (Å²) >= 11 is 1.13. The Morgan fingerprint density at radius 2 is 2.00 bits per heavy atom. The van der Waals surface area contributed by atoms with Gasteiger partial charge in [-0.3, -0.25) is 4.79 Å². The molecule has 0 aliphatic carbocycles. The van der Waals surface area contributed by atoms with E-state index >= 15 is 0 Å². The Balaban J connectivity index is 3.00. The smallest absolute Gasteiger partial charge is 0.328 e. The zero-order chi connectivity index (χ0) is 15.1. The number of nitrogens with zero attached hydrogens (tertiary/aromatic N) is 3. The molecule has 0 spiro atoms. The first-order chi connectivity index (χ1) is 9.49. The summed E-state index contributed by atoms with van der Waals surface area (Å²) in [5, 5.41) is 25.9. The number of carbonyl (C=O) groups is 2. The second-order valence-corrected chi connectivity index (χ2v) is 4.89. The van der Waals surface area contributed by atoms with Gasteiger partial charge in [-0.25, -0.2) is 4.79 Å². The molecule has 6 nitrogen and oxygen atoms in total. The summed E-state index contributed by atoms with van der Waals surface area (Å²) < 4.78 is 0. The van der Waals surface area contributed by atoms with Crippen LogP contribution >= 0.6 is 11.3 Å². The van der Waals surface area contributed by atoms with Gasteiger partial charge in [0.2, 0.25) is 0 Å². The number of rotatable bonds is 5. The van der Waals surface area contributed by atoms with Crippen molar-refractivity contribution in [3.8, 4) is 12.1 Å². The normalized spacial score (nSPS) is 9.95. The second-order valence-electron chi connectivity index (χ2n) is 3.81. The van der Waals surface area contributed by atoms with Crippen LogP contribution in [0.2, 0.25) is 0 Å². The van der Waals surface area contributed by atoms with Crippen LogP contribution in [0.3, 0.4) is 0 Å². The summed E-state index contributed by atoms with van der Waals surface area (Å²) in [6, 6.07) is 5.28. The number of aliphatic carboxylic acids is 1. The number of carbonyl (C=O) groups excluding carboxylic acids is 1. The van der Waals surface area contributed by atoms with Crippen molar-refractivity contribution in [1.29, 1.82) is 10.5 Å². The highest BCUT2D eigenvalue weighted by Gasteiger charge is 2.18. The van der Waals surface area contributed by atoms with Crippen LogP contribution in [0, 0.1) is 29.6 Å². The monoisotopic (exact) mass is 289 g/mol. The van der Waals surface area contributed by atoms with Gasteiger partial charge in [-0.15, -0.1) is 11.3 Å². The number of hydrogen-bond acceptors (Lipinski definition) is 5. The molecule has 1 heterocycles. The lowest BCUT2D eigenvalue weighted by Gasteiger charge is -2.13. The molecule has 7 heteroatoms. The van der Waals surface area contributed by atoms with E-state index in [9.17, 15) is 9.59 Å². The Kier molecular flexibility index (Phi) is 5.45. The van der Waals surface area contributed by atoms with Crippen LogP contribution in [0.25, 0.3) is 6.08 Å². The molecule has 0 saturated carbocycles. The molecular formula is C13H11N3O3S. The Labute approximate surface area is 119 Å². The highest BCUT2D eigenvalue weighted by atomic mass is 32.1. The Morgan fingerprint density at radius 3 is 2.50 bits per heavy atom. The van der Waals surface area contributed by atoms with Crippen molar-refractivity contribution in [2.24, 2.45) is 0 Å². The van der Waals surface area contributed by atoms with E-state index in [1.54, 1.807) is 13.0 Å². The van der Waals surface area contributed by atoms with Gasteiger partial charge in [-0.2, -0.15) is 10.5 Å². The average Bonchev–Trinajstić information content (AvgIpc) is 2.76. The summed E-state index contributed by atoms with van der Waals surface area (Å²) in [7, 11) is 0. The fraction of sp³-hybridized carbons (Fsp3) is 0.231. The van der Waals surface area contributed by atoms with Gasteiger partial charge in [0.05, 0.1) is 17.0 Å². The molecule has 0 saturated heterocycles. The quantitative estimate of drug-likeness (QED) is 0.655. The summed E-state index contributed by atoms with van der Waals surface area (Å²) in [5.74, 6) is -1.47. The SMILES string of the molecule is Cc1cc(C(=O)N(CC#N)CC#N)sc1/C=C/C(=O)O. The zero-order valence-electron chi connectivity index (χ0n) is 10.7. The van der Waals surface area contributed by atoms with Crippen LogP contribution in [-0.4, -0.2) is 35.0 Å². The molecular weight excluding hydrogens is 278 g/mol. The maximum atomic E-state index is 12.1. The molecule has 0 bridgehead atoms. The van der Waals surface area contributed by atoms with Gasteiger partial charge in [0.15, 0.2) is 0 Å². The van der Waals surface area contributed by atoms with Crippen molar-refractivity contribution in [3.63, 3.8) is 0 Å². The maximum Gasteiger partial charge on any atom is 0.328 e. The van der Waals surface area contributed by atoms with Crippen molar-refractivity contribution >= 4 is 29.3 Å². The van der Waals surface area contributed by atoms with E-state index in [1.165, 1.54) is 6.08 Å². The number of thiophene rings is 1. The lowest BCUT2D eigenvalue weighted by atomic mass is 10.2. The molecule has 0 aromatic carbocycles. The largest absolute Gasteiger partial charge is 0.478 e. The van der Waals surface area contributed by atoms with Crippen LogP contribution in [0.4, 0.5) is 0 Å². The van der Waals surface area contributed by atoms with E-state index < -0.39 is 11.9 Å². The molecule has 1 aromatic heterocycles. The number of carboxylic acid groups (broad SMARTS) is 1. The number of amides is 1. The van der Waals surface area contributed by atoms with E-state index in [2.05, 4.69) is 0 Å². The molecule has 0 aliphatic heterocycles. The molecule has 1 aromatic rings. The molecule has 20 heavy (non-hydrogen) atoms. The third-order valence-electron chi connectivity index (χ3n) is 2.35. The maximum absolute atomic E-state index is 12.1. The number of aryl methyl sites for hydroxylation is 1. The molecule has 0 aliphatic rings. The number of hydrogen-bond donors (Lipinski definition) is 1. The predicted molar refractivity (Wildman–Crippen MR) is 72.9 cm³/mol. The molecule has 0 radical (unpaired) electrons. The van der Waals surface area contributed by atoms with Gasteiger partial charge in [0, 0.05) is 11.0 Å². The minimum Gasteiger partial charge on any atom is -0.478 e. The minimum atomic E-state index is -1.07. The highest BCUT2D eigenvalue weighted by Crippen LogP contribution is 2.24. The molecule has 0 unspecified atom stereocenters. The van der Waals surface area contributed by atoms with Gasteiger partial charge >= 0.3 is 5.97 Å². The lowest BCUT2D eigenvalue weighted by molar-refractivity contribution is -0.131. The lowest BCUT2D eigenvalue weighted by Crippen LogP contribution is -2.31. The van der Waals surface area contributed by atoms with Crippen molar-refractivity contribution in [3.05, 3.63) is 27.5 Å². The van der Waals surface area contributed by atoms with Gasteiger partial charge in [0.25, 0.3) is 5.91 Å². The summed E-state index contributed by atoms with van der Waals surface area (Å²) in [6.07, 6.45) is 2.41. The first-order valence-corrected chi connectivity index (χ1v) is 6.36. The summed E-state index contributed by atoms with van der Waals surface area (Å²) in [5.41, 5.74) is 0.768. The van der Waals surface area contributed by atoms with Crippen LogP contribution < -0.4 is 0 Å². The number of nitriles is 2. The van der Waals surface area contributed by atoms with E-state index in [4.69, 9.17) is 15.6 Å².